The third-order valence-corrected chi connectivity index (χ3v) is 0.988. The molecule has 1 fully saturated rings. The van der Waals surface area contributed by atoms with E-state index in [1.54, 1.807) is 0 Å². The van der Waals surface area contributed by atoms with E-state index in [4.69, 9.17) is 0 Å². The maximum absolute atomic E-state index is 4.07. The minimum Gasteiger partial charge on any atom is -0.660 e. The summed E-state index contributed by atoms with van der Waals surface area (Å²) in [5.41, 5.74) is 0. The van der Waals surface area contributed by atoms with Crippen molar-refractivity contribution in [1.82, 2.24) is 0 Å². The van der Waals surface area contributed by atoms with Crippen molar-refractivity contribution in [1.29, 1.82) is 0 Å². The Labute approximate surface area is 71.8 Å². The van der Waals surface area contributed by atoms with Gasteiger partial charge in [0.25, 0.3) is 0 Å². The second kappa shape index (κ2) is 3.34. The van der Waals surface area contributed by atoms with E-state index in [2.05, 4.69) is 12.2 Å². The van der Waals surface area contributed by atoms with Gasteiger partial charge >= 0.3 is 41.3 Å². The van der Waals surface area contributed by atoms with E-state index in [9.17, 15) is 0 Å². The Morgan fingerprint density at radius 3 is 2.00 bits per heavy atom. The molecule has 0 amide bonds. The molecule has 0 bridgehead atoms. The number of rotatable bonds is 0. The van der Waals surface area contributed by atoms with E-state index in [1.807, 2.05) is 0 Å². The smallest absolute Gasteiger partial charge is 0.660 e. The molecule has 1 aliphatic rings. The Morgan fingerprint density at radius 1 is 1.67 bits per heavy atom. The van der Waals surface area contributed by atoms with Crippen LogP contribution < -0.4 is 0 Å². The summed E-state index contributed by atoms with van der Waals surface area (Å²) in [6, 6.07) is 0.690. The zero-order chi connectivity index (χ0) is 3.70. The van der Waals surface area contributed by atoms with Gasteiger partial charge < -0.3 is 5.32 Å². The predicted octanol–water partition coefficient (Wildman–Crippen LogP) is 1.15. The molecule has 6 heavy (non-hydrogen) atoms. The number of hydrogen-bond acceptors (Lipinski definition) is 0. The molecule has 0 aromatic rings. The molecule has 0 N–H and O–H groups in total. The zero-order valence-electron chi connectivity index (χ0n) is 4.02. The molecule has 1 rings (SSSR count). The first kappa shape index (κ1) is 7.32. The monoisotopic (exact) mass is 211 g/mol. The van der Waals surface area contributed by atoms with Crippen LogP contribution in [0.5, 0.6) is 0 Å². The van der Waals surface area contributed by atoms with Gasteiger partial charge in [0.05, 0.1) is 0 Å². The Kier molecular flexibility index (Phi) is 4.08. The van der Waals surface area contributed by atoms with Crippen LogP contribution in [0, 0.1) is 41.3 Å². The molecular weight excluding hydrogens is 203 g/mol. The van der Waals surface area contributed by atoms with E-state index in [1.165, 1.54) is 6.42 Å². The van der Waals surface area contributed by atoms with Crippen LogP contribution in [0.15, 0.2) is 0 Å². The Morgan fingerprint density at radius 2 is 2.00 bits per heavy atom. The van der Waals surface area contributed by atoms with Crippen LogP contribution in [0.4, 0.5) is 0 Å². The van der Waals surface area contributed by atoms with Crippen LogP contribution in [0.2, 0.25) is 0 Å². The SMILES string of the molecule is CC1CC[N-]1.[Pr+3]. The summed E-state index contributed by atoms with van der Waals surface area (Å²) in [5, 5.41) is 4.07. The fourth-order valence-electron chi connectivity index (χ4n) is 0.387. The molecule has 0 aromatic carbocycles. The van der Waals surface area contributed by atoms with Gasteiger partial charge in [-0.1, -0.05) is 13.3 Å². The molecule has 0 aromatic heterocycles. The van der Waals surface area contributed by atoms with Crippen molar-refractivity contribution < 1.29 is 41.3 Å². The predicted molar refractivity (Wildman–Crippen MR) is 22.3 cm³/mol. The minimum atomic E-state index is 0. The molecule has 1 aliphatic heterocycles. The van der Waals surface area contributed by atoms with Gasteiger partial charge in [0.15, 0.2) is 0 Å². The molecule has 2 heteroatoms. The van der Waals surface area contributed by atoms with Crippen LogP contribution in [0.3, 0.4) is 0 Å². The summed E-state index contributed by atoms with van der Waals surface area (Å²) in [7, 11) is 0. The van der Waals surface area contributed by atoms with Gasteiger partial charge in [0.2, 0.25) is 0 Å². The van der Waals surface area contributed by atoms with Gasteiger partial charge in [-0.3, -0.25) is 0 Å². The molecule has 1 saturated heterocycles. The summed E-state index contributed by atoms with van der Waals surface area (Å²) in [6.07, 6.45) is 1.32. The van der Waals surface area contributed by atoms with Gasteiger partial charge in [-0.15, -0.1) is 6.04 Å². The van der Waals surface area contributed by atoms with Crippen LogP contribution in [0.25, 0.3) is 5.32 Å². The van der Waals surface area contributed by atoms with Crippen molar-refractivity contribution in [3.05, 3.63) is 5.32 Å². The molecule has 1 unspecified atom stereocenters. The van der Waals surface area contributed by atoms with Crippen molar-refractivity contribution in [2.75, 3.05) is 6.54 Å². The fourth-order valence-corrected chi connectivity index (χ4v) is 0.387. The van der Waals surface area contributed by atoms with E-state index >= 15 is 0 Å². The second-order valence-electron chi connectivity index (χ2n) is 1.54. The van der Waals surface area contributed by atoms with Crippen LogP contribution in [-0.2, 0) is 0 Å². The molecule has 0 saturated carbocycles. The summed E-state index contributed by atoms with van der Waals surface area (Å²) in [6.45, 7) is 3.25. The average molecular weight is 211 g/mol. The van der Waals surface area contributed by atoms with E-state index < -0.39 is 0 Å². The maximum atomic E-state index is 4.07. The van der Waals surface area contributed by atoms with Crippen molar-refractivity contribution in [3.8, 4) is 0 Å². The quantitative estimate of drug-likeness (QED) is 0.570. The minimum absolute atomic E-state index is 0. The average Bonchev–Trinajstić information content (AvgIpc) is 1.30. The summed E-state index contributed by atoms with van der Waals surface area (Å²) < 4.78 is 0. The normalized spacial score (nSPS) is 30.5. The first-order valence-corrected chi connectivity index (χ1v) is 2.06. The Bertz CT molecular complexity index is 34.5. The van der Waals surface area contributed by atoms with Gasteiger partial charge in [0, 0.05) is 0 Å². The van der Waals surface area contributed by atoms with Gasteiger partial charge in [-0.05, 0) is 0 Å². The number of hydrogen-bond donors (Lipinski definition) is 0. The molecule has 0 radical (unpaired) electrons. The first-order valence-electron chi connectivity index (χ1n) is 2.06. The van der Waals surface area contributed by atoms with Crippen molar-refractivity contribution >= 4 is 0 Å². The van der Waals surface area contributed by atoms with Crippen LogP contribution >= 0.6 is 0 Å². The van der Waals surface area contributed by atoms with E-state index in [-0.39, 0.29) is 41.3 Å². The summed E-state index contributed by atoms with van der Waals surface area (Å²) in [4.78, 5) is 0. The molecule has 0 spiro atoms. The van der Waals surface area contributed by atoms with E-state index in [0.717, 1.165) is 6.54 Å². The maximum Gasteiger partial charge on any atom is 3.00 e. The standard InChI is InChI=1S/C4H8N.Pr/c1-4-2-3-5-4;/h4H,2-3H2,1H3;/q-1;+3. The molecule has 1 atom stereocenters. The molecule has 0 aliphatic carbocycles. The first-order chi connectivity index (χ1) is 2.39. The van der Waals surface area contributed by atoms with Crippen LogP contribution in [0.1, 0.15) is 13.3 Å². The van der Waals surface area contributed by atoms with Crippen molar-refractivity contribution in [3.63, 3.8) is 0 Å². The van der Waals surface area contributed by atoms with Gasteiger partial charge in [0.1, 0.15) is 0 Å². The Hall–Kier alpha value is 1.32. The van der Waals surface area contributed by atoms with Gasteiger partial charge in [-0.2, -0.15) is 6.54 Å². The molecule has 1 nitrogen and oxygen atoms in total. The van der Waals surface area contributed by atoms with Crippen LogP contribution in [-0.4, -0.2) is 12.6 Å². The Balaban J connectivity index is 0.000000250. The van der Waals surface area contributed by atoms with Crippen molar-refractivity contribution in [2.45, 2.75) is 19.4 Å². The van der Waals surface area contributed by atoms with Gasteiger partial charge in [-0.25, -0.2) is 0 Å². The van der Waals surface area contributed by atoms with Crippen molar-refractivity contribution in [2.24, 2.45) is 0 Å². The third kappa shape index (κ3) is 1.86. The molecular formula is C4H8NPr+2. The summed E-state index contributed by atoms with van der Waals surface area (Å²) >= 11 is 0. The zero-order valence-corrected chi connectivity index (χ0v) is 7.72. The number of nitrogens with zero attached hydrogens (tertiary/aromatic N) is 1. The topological polar surface area (TPSA) is 14.1 Å². The molecule has 30 valence electrons. The largest absolute Gasteiger partial charge is 3.00 e. The fraction of sp³-hybridized carbons (Fsp3) is 1.00. The third-order valence-electron chi connectivity index (χ3n) is 0.988. The second-order valence-corrected chi connectivity index (χ2v) is 1.54. The van der Waals surface area contributed by atoms with E-state index in [0.29, 0.717) is 6.04 Å². The molecule has 1 heterocycles. The summed E-state index contributed by atoms with van der Waals surface area (Å²) in [5.74, 6) is 0.